The van der Waals surface area contributed by atoms with Crippen LogP contribution in [0, 0.1) is 5.92 Å². The molecule has 0 spiro atoms. The van der Waals surface area contributed by atoms with Gasteiger partial charge in [0.05, 0.1) is 12.3 Å². The SMILES string of the molecule is CC(C)C(=O)OC(=O)CCN. The Morgan fingerprint density at radius 1 is 1.45 bits per heavy atom. The van der Waals surface area contributed by atoms with Crippen molar-refractivity contribution in [3.05, 3.63) is 0 Å². The Balaban J connectivity index is 3.67. The molecule has 4 nitrogen and oxygen atoms in total. The summed E-state index contributed by atoms with van der Waals surface area (Å²) in [6.45, 7) is 3.54. The molecule has 2 N–H and O–H groups in total. The van der Waals surface area contributed by atoms with E-state index < -0.39 is 11.9 Å². The molecule has 0 amide bonds. The van der Waals surface area contributed by atoms with Gasteiger partial charge in [0.15, 0.2) is 0 Å². The van der Waals surface area contributed by atoms with Crippen LogP contribution in [0.2, 0.25) is 0 Å². The molecule has 0 aromatic rings. The molecular weight excluding hydrogens is 146 g/mol. The number of carbonyl (C=O) groups excluding carboxylic acids is 2. The summed E-state index contributed by atoms with van der Waals surface area (Å²) in [5.74, 6) is -1.31. The van der Waals surface area contributed by atoms with Crippen LogP contribution in [-0.2, 0) is 14.3 Å². The molecule has 0 aliphatic heterocycles. The standard InChI is InChI=1S/C7H13NO3/c1-5(2)7(10)11-6(9)3-4-8/h5H,3-4,8H2,1-2H3. The number of rotatable bonds is 3. The third-order valence-corrected chi connectivity index (χ3v) is 1.03. The van der Waals surface area contributed by atoms with Gasteiger partial charge in [-0.1, -0.05) is 13.8 Å². The van der Waals surface area contributed by atoms with Crippen LogP contribution in [0.1, 0.15) is 20.3 Å². The fourth-order valence-electron chi connectivity index (χ4n) is 0.399. The topological polar surface area (TPSA) is 69.4 Å². The van der Waals surface area contributed by atoms with Crippen molar-refractivity contribution in [1.82, 2.24) is 0 Å². The normalized spacial score (nSPS) is 9.82. The van der Waals surface area contributed by atoms with Crippen LogP contribution >= 0.6 is 0 Å². The molecular formula is C7H13NO3. The summed E-state index contributed by atoms with van der Waals surface area (Å²) < 4.78 is 4.39. The molecule has 0 heterocycles. The summed E-state index contributed by atoms with van der Waals surface area (Å²) in [4.78, 5) is 21.4. The molecule has 0 aliphatic carbocycles. The van der Waals surface area contributed by atoms with Crippen molar-refractivity contribution in [2.75, 3.05) is 6.54 Å². The van der Waals surface area contributed by atoms with E-state index in [4.69, 9.17) is 5.73 Å². The molecule has 0 unspecified atom stereocenters. The average Bonchev–Trinajstić information content (AvgIpc) is 1.87. The van der Waals surface area contributed by atoms with Gasteiger partial charge in [-0.3, -0.25) is 9.59 Å². The molecule has 0 bridgehead atoms. The Labute approximate surface area is 65.7 Å². The molecule has 0 atom stereocenters. The number of hydrogen-bond donors (Lipinski definition) is 1. The highest BCUT2D eigenvalue weighted by atomic mass is 16.6. The van der Waals surface area contributed by atoms with Crippen LogP contribution in [0.15, 0.2) is 0 Å². The quantitative estimate of drug-likeness (QED) is 0.467. The number of esters is 2. The highest BCUT2D eigenvalue weighted by Gasteiger charge is 2.12. The van der Waals surface area contributed by atoms with Crippen LogP contribution in [0.5, 0.6) is 0 Å². The zero-order chi connectivity index (χ0) is 8.85. The summed E-state index contributed by atoms with van der Waals surface area (Å²) >= 11 is 0. The molecule has 0 saturated heterocycles. The van der Waals surface area contributed by atoms with E-state index in [0.29, 0.717) is 0 Å². The maximum Gasteiger partial charge on any atom is 0.316 e. The molecule has 11 heavy (non-hydrogen) atoms. The first-order valence-corrected chi connectivity index (χ1v) is 3.52. The van der Waals surface area contributed by atoms with Gasteiger partial charge >= 0.3 is 11.9 Å². The van der Waals surface area contributed by atoms with Crippen molar-refractivity contribution < 1.29 is 14.3 Å². The minimum absolute atomic E-state index is 0.0957. The van der Waals surface area contributed by atoms with E-state index in [1.165, 1.54) is 0 Å². The zero-order valence-electron chi connectivity index (χ0n) is 6.79. The molecule has 0 aromatic heterocycles. The van der Waals surface area contributed by atoms with E-state index in [1.54, 1.807) is 13.8 Å². The Hall–Kier alpha value is -0.900. The van der Waals surface area contributed by atoms with Gasteiger partial charge in [0.1, 0.15) is 0 Å². The van der Waals surface area contributed by atoms with Crippen LogP contribution < -0.4 is 5.73 Å². The van der Waals surface area contributed by atoms with Crippen molar-refractivity contribution in [2.45, 2.75) is 20.3 Å². The van der Waals surface area contributed by atoms with Gasteiger partial charge < -0.3 is 10.5 Å². The summed E-state index contributed by atoms with van der Waals surface area (Å²) in [6.07, 6.45) is 0.0957. The van der Waals surface area contributed by atoms with Gasteiger partial charge in [0, 0.05) is 6.54 Å². The van der Waals surface area contributed by atoms with Gasteiger partial charge in [0.2, 0.25) is 0 Å². The second-order valence-electron chi connectivity index (χ2n) is 2.49. The van der Waals surface area contributed by atoms with Crippen LogP contribution in [0.3, 0.4) is 0 Å². The maximum absolute atomic E-state index is 10.7. The number of ether oxygens (including phenoxy) is 1. The Bertz CT molecular complexity index is 154. The highest BCUT2D eigenvalue weighted by Crippen LogP contribution is 1.96. The first-order valence-electron chi connectivity index (χ1n) is 3.52. The highest BCUT2D eigenvalue weighted by molar-refractivity contribution is 5.86. The molecule has 64 valence electrons. The van der Waals surface area contributed by atoms with Crippen molar-refractivity contribution >= 4 is 11.9 Å². The van der Waals surface area contributed by atoms with E-state index in [0.717, 1.165) is 0 Å². The second kappa shape index (κ2) is 4.85. The summed E-state index contributed by atoms with van der Waals surface area (Å²) in [5.41, 5.74) is 5.07. The second-order valence-corrected chi connectivity index (χ2v) is 2.49. The van der Waals surface area contributed by atoms with Gasteiger partial charge in [-0.2, -0.15) is 0 Å². The lowest BCUT2D eigenvalue weighted by molar-refractivity contribution is -0.161. The Morgan fingerprint density at radius 2 is 2.00 bits per heavy atom. The van der Waals surface area contributed by atoms with Gasteiger partial charge in [-0.15, -0.1) is 0 Å². The van der Waals surface area contributed by atoms with Crippen molar-refractivity contribution in [3.8, 4) is 0 Å². The molecule has 0 saturated carbocycles. The van der Waals surface area contributed by atoms with Crippen LogP contribution in [0.25, 0.3) is 0 Å². The predicted octanol–water partition coefficient (Wildman–Crippen LogP) is 0.0610. The van der Waals surface area contributed by atoms with E-state index in [9.17, 15) is 9.59 Å². The lowest BCUT2D eigenvalue weighted by atomic mass is 10.2. The largest absolute Gasteiger partial charge is 0.393 e. The van der Waals surface area contributed by atoms with E-state index in [1.807, 2.05) is 0 Å². The number of hydrogen-bond acceptors (Lipinski definition) is 4. The van der Waals surface area contributed by atoms with Gasteiger partial charge in [0.25, 0.3) is 0 Å². The summed E-state index contributed by atoms with van der Waals surface area (Å²) in [6, 6.07) is 0. The Kier molecular flexibility index (Phi) is 4.45. The molecule has 0 rings (SSSR count). The van der Waals surface area contributed by atoms with Crippen LogP contribution in [0.4, 0.5) is 0 Å². The molecule has 4 heteroatoms. The van der Waals surface area contributed by atoms with Crippen molar-refractivity contribution in [2.24, 2.45) is 11.7 Å². The van der Waals surface area contributed by atoms with Crippen molar-refractivity contribution in [1.29, 1.82) is 0 Å². The minimum atomic E-state index is -0.550. The lowest BCUT2D eigenvalue weighted by Gasteiger charge is -2.03. The van der Waals surface area contributed by atoms with Gasteiger partial charge in [-0.25, -0.2) is 0 Å². The van der Waals surface area contributed by atoms with E-state index in [2.05, 4.69) is 4.74 Å². The first kappa shape index (κ1) is 10.1. The third kappa shape index (κ3) is 4.50. The van der Waals surface area contributed by atoms with Crippen molar-refractivity contribution in [3.63, 3.8) is 0 Å². The summed E-state index contributed by atoms with van der Waals surface area (Å²) in [7, 11) is 0. The lowest BCUT2D eigenvalue weighted by Crippen LogP contribution is -2.19. The molecule has 0 fully saturated rings. The first-order chi connectivity index (χ1) is 5.07. The zero-order valence-corrected chi connectivity index (χ0v) is 6.79. The minimum Gasteiger partial charge on any atom is -0.393 e. The van der Waals surface area contributed by atoms with Crippen LogP contribution in [-0.4, -0.2) is 18.5 Å². The Morgan fingerprint density at radius 3 is 2.36 bits per heavy atom. The fourth-order valence-corrected chi connectivity index (χ4v) is 0.399. The fraction of sp³-hybridized carbons (Fsp3) is 0.714. The molecule has 0 aliphatic rings. The average molecular weight is 159 g/mol. The van der Waals surface area contributed by atoms with Gasteiger partial charge in [-0.05, 0) is 0 Å². The number of carbonyl (C=O) groups is 2. The molecule has 0 radical (unpaired) electrons. The number of nitrogens with two attached hydrogens (primary N) is 1. The monoisotopic (exact) mass is 159 g/mol. The smallest absolute Gasteiger partial charge is 0.316 e. The predicted molar refractivity (Wildman–Crippen MR) is 39.6 cm³/mol. The van der Waals surface area contributed by atoms with E-state index >= 15 is 0 Å². The van der Waals surface area contributed by atoms with E-state index in [-0.39, 0.29) is 18.9 Å². The summed E-state index contributed by atoms with van der Waals surface area (Å²) in [5, 5.41) is 0. The maximum atomic E-state index is 10.7. The molecule has 0 aromatic carbocycles. The third-order valence-electron chi connectivity index (χ3n) is 1.03.